The zero-order chi connectivity index (χ0) is 19.8. The van der Waals surface area contributed by atoms with E-state index in [1.165, 1.54) is 16.0 Å². The number of amides is 1. The van der Waals surface area contributed by atoms with Crippen molar-refractivity contribution in [3.63, 3.8) is 0 Å². The Morgan fingerprint density at radius 3 is 2.41 bits per heavy atom. The van der Waals surface area contributed by atoms with Gasteiger partial charge in [-0.15, -0.1) is 11.8 Å². The Hall–Kier alpha value is -2.47. The summed E-state index contributed by atoms with van der Waals surface area (Å²) in [6.45, 7) is 4.33. The number of aryl methyl sites for hydroxylation is 2. The molecule has 5 nitrogen and oxygen atoms in total. The highest BCUT2D eigenvalue weighted by Gasteiger charge is 2.10. The van der Waals surface area contributed by atoms with Gasteiger partial charge in [-0.2, -0.15) is 0 Å². The summed E-state index contributed by atoms with van der Waals surface area (Å²) >= 11 is 1.69. The van der Waals surface area contributed by atoms with Crippen molar-refractivity contribution in [1.82, 2.24) is 4.90 Å². The molecule has 0 heterocycles. The maximum atomic E-state index is 12.3. The summed E-state index contributed by atoms with van der Waals surface area (Å²) in [5, 5.41) is 8.61. The number of nitrogens with zero attached hydrogens (tertiary/aromatic N) is 1. The summed E-state index contributed by atoms with van der Waals surface area (Å²) in [4.78, 5) is 25.7. The van der Waals surface area contributed by atoms with Crippen molar-refractivity contribution in [3.8, 4) is 5.75 Å². The monoisotopic (exact) mass is 387 g/mol. The van der Waals surface area contributed by atoms with Gasteiger partial charge in [-0.25, -0.2) is 4.79 Å². The predicted octanol–water partition coefficient (Wildman–Crippen LogP) is 3.91. The number of hydrogen-bond acceptors (Lipinski definition) is 4. The number of carboxylic acid groups (broad SMARTS) is 1. The molecule has 0 atom stereocenters. The van der Waals surface area contributed by atoms with Crippen LogP contribution in [0.1, 0.15) is 23.1 Å². The van der Waals surface area contributed by atoms with E-state index in [-0.39, 0.29) is 12.5 Å². The van der Waals surface area contributed by atoms with Crippen molar-refractivity contribution < 1.29 is 19.4 Å². The summed E-state index contributed by atoms with van der Waals surface area (Å²) in [6, 6.07) is 13.5. The van der Waals surface area contributed by atoms with Crippen LogP contribution >= 0.6 is 11.8 Å². The topological polar surface area (TPSA) is 66.8 Å². The summed E-state index contributed by atoms with van der Waals surface area (Å²) in [7, 11) is 1.79. The van der Waals surface area contributed by atoms with Gasteiger partial charge in [0.2, 0.25) is 5.91 Å². The zero-order valence-electron chi connectivity index (χ0n) is 15.9. The molecule has 0 aliphatic heterocycles. The van der Waals surface area contributed by atoms with Crippen LogP contribution in [-0.4, -0.2) is 41.3 Å². The first-order chi connectivity index (χ1) is 12.8. The summed E-state index contributed by atoms with van der Waals surface area (Å²) in [5.74, 6) is 0.328. The largest absolute Gasteiger partial charge is 0.482 e. The number of hydrogen-bond donors (Lipinski definition) is 1. The molecule has 0 saturated heterocycles. The molecule has 0 fully saturated rings. The second-order valence-electron chi connectivity index (χ2n) is 6.42. The fourth-order valence-corrected chi connectivity index (χ4v) is 3.39. The maximum absolute atomic E-state index is 12.3. The van der Waals surface area contributed by atoms with Crippen LogP contribution in [0.25, 0.3) is 0 Å². The van der Waals surface area contributed by atoms with E-state index in [1.54, 1.807) is 35.8 Å². The molecule has 2 rings (SSSR count). The van der Waals surface area contributed by atoms with Gasteiger partial charge in [-0.1, -0.05) is 18.2 Å². The minimum atomic E-state index is -1.01. The highest BCUT2D eigenvalue weighted by Crippen LogP contribution is 2.22. The average molecular weight is 388 g/mol. The van der Waals surface area contributed by atoms with Gasteiger partial charge in [0.05, 0.1) is 0 Å². The van der Waals surface area contributed by atoms with Crippen LogP contribution in [0.5, 0.6) is 5.75 Å². The molecule has 2 aromatic carbocycles. The van der Waals surface area contributed by atoms with Crippen molar-refractivity contribution in [3.05, 3.63) is 59.2 Å². The third-order valence-corrected chi connectivity index (χ3v) is 5.19. The van der Waals surface area contributed by atoms with Crippen molar-refractivity contribution >= 4 is 23.6 Å². The van der Waals surface area contributed by atoms with E-state index in [1.807, 2.05) is 12.1 Å². The van der Waals surface area contributed by atoms with E-state index >= 15 is 0 Å². The quantitative estimate of drug-likeness (QED) is 0.661. The van der Waals surface area contributed by atoms with Crippen LogP contribution in [0.2, 0.25) is 0 Å². The van der Waals surface area contributed by atoms with E-state index < -0.39 is 5.97 Å². The summed E-state index contributed by atoms with van der Waals surface area (Å²) in [5.41, 5.74) is 3.50. The molecule has 0 bridgehead atoms. The molecular formula is C21H25NO4S. The molecule has 0 spiro atoms. The minimum absolute atomic E-state index is 0.0949. The van der Waals surface area contributed by atoms with Crippen molar-refractivity contribution in [1.29, 1.82) is 0 Å². The number of thioether (sulfide) groups is 1. The van der Waals surface area contributed by atoms with E-state index in [9.17, 15) is 9.59 Å². The van der Waals surface area contributed by atoms with E-state index in [0.29, 0.717) is 18.7 Å². The lowest BCUT2D eigenvalue weighted by atomic mass is 10.1. The number of aliphatic carboxylic acids is 1. The van der Waals surface area contributed by atoms with Crippen LogP contribution in [0.4, 0.5) is 0 Å². The lowest BCUT2D eigenvalue weighted by Crippen LogP contribution is -2.26. The molecule has 0 aliphatic carbocycles. The molecular weight excluding hydrogens is 362 g/mol. The Morgan fingerprint density at radius 2 is 1.78 bits per heavy atom. The lowest BCUT2D eigenvalue weighted by Gasteiger charge is -2.17. The molecule has 0 saturated carbocycles. The predicted molar refractivity (Wildman–Crippen MR) is 107 cm³/mol. The fourth-order valence-electron chi connectivity index (χ4n) is 2.45. The molecule has 2 aromatic rings. The standard InChI is InChI=1S/C21H25NO4S/c1-15-4-9-19(12-16(15)2)27-11-10-20(23)22(3)13-17-5-7-18(8-6-17)26-14-21(24)25/h4-9,12H,10-11,13-14H2,1-3H3,(H,24,25). The summed E-state index contributed by atoms with van der Waals surface area (Å²) in [6.07, 6.45) is 0.480. The second-order valence-corrected chi connectivity index (χ2v) is 7.59. The van der Waals surface area contributed by atoms with Crippen LogP contribution in [-0.2, 0) is 16.1 Å². The highest BCUT2D eigenvalue weighted by atomic mass is 32.2. The molecule has 1 N–H and O–H groups in total. The maximum Gasteiger partial charge on any atom is 0.341 e. The Bertz CT molecular complexity index is 789. The molecule has 27 heavy (non-hydrogen) atoms. The third-order valence-electron chi connectivity index (χ3n) is 4.19. The number of carboxylic acids is 1. The van der Waals surface area contributed by atoms with Gasteiger partial charge >= 0.3 is 5.97 Å². The lowest BCUT2D eigenvalue weighted by molar-refractivity contribution is -0.139. The first kappa shape index (κ1) is 20.8. The van der Waals surface area contributed by atoms with E-state index in [2.05, 4.69) is 32.0 Å². The van der Waals surface area contributed by atoms with Gasteiger partial charge in [-0.05, 0) is 54.8 Å². The smallest absolute Gasteiger partial charge is 0.341 e. The van der Waals surface area contributed by atoms with E-state index in [0.717, 1.165) is 11.3 Å². The van der Waals surface area contributed by atoms with Gasteiger partial charge in [-0.3, -0.25) is 4.79 Å². The van der Waals surface area contributed by atoms with Crippen LogP contribution in [0, 0.1) is 13.8 Å². The first-order valence-electron chi connectivity index (χ1n) is 8.72. The van der Waals surface area contributed by atoms with Crippen LogP contribution in [0.3, 0.4) is 0 Å². The van der Waals surface area contributed by atoms with Crippen molar-refractivity contribution in [2.24, 2.45) is 0 Å². The fraction of sp³-hybridized carbons (Fsp3) is 0.333. The number of ether oxygens (including phenoxy) is 1. The van der Waals surface area contributed by atoms with Crippen LogP contribution in [0.15, 0.2) is 47.4 Å². The van der Waals surface area contributed by atoms with Gasteiger partial charge in [0.25, 0.3) is 0 Å². The Kier molecular flexibility index (Phi) is 7.73. The second kappa shape index (κ2) is 10.0. The van der Waals surface area contributed by atoms with E-state index in [4.69, 9.17) is 9.84 Å². The highest BCUT2D eigenvalue weighted by molar-refractivity contribution is 7.99. The molecule has 1 amide bonds. The molecule has 6 heteroatoms. The molecule has 0 radical (unpaired) electrons. The number of carbonyl (C=O) groups is 2. The molecule has 144 valence electrons. The first-order valence-corrected chi connectivity index (χ1v) is 9.71. The Morgan fingerprint density at radius 1 is 1.07 bits per heavy atom. The Labute approximate surface area is 164 Å². The van der Waals surface area contributed by atoms with Crippen LogP contribution < -0.4 is 4.74 Å². The van der Waals surface area contributed by atoms with Crippen molar-refractivity contribution in [2.45, 2.75) is 31.7 Å². The number of benzene rings is 2. The Balaban J connectivity index is 1.77. The minimum Gasteiger partial charge on any atom is -0.482 e. The number of carbonyl (C=O) groups excluding carboxylic acids is 1. The third kappa shape index (κ3) is 6.98. The summed E-state index contributed by atoms with van der Waals surface area (Å²) < 4.78 is 5.10. The van der Waals surface area contributed by atoms with Gasteiger partial charge in [0, 0.05) is 30.7 Å². The molecule has 0 aromatic heterocycles. The zero-order valence-corrected chi connectivity index (χ0v) is 16.7. The van der Waals surface area contributed by atoms with Gasteiger partial charge in [0.1, 0.15) is 5.75 Å². The van der Waals surface area contributed by atoms with Gasteiger partial charge in [0.15, 0.2) is 6.61 Å². The number of rotatable bonds is 9. The van der Waals surface area contributed by atoms with Crippen molar-refractivity contribution in [2.75, 3.05) is 19.4 Å². The normalized spacial score (nSPS) is 10.5. The van der Waals surface area contributed by atoms with Gasteiger partial charge < -0.3 is 14.7 Å². The average Bonchev–Trinajstić information content (AvgIpc) is 2.64. The molecule has 0 unspecified atom stereocenters. The molecule has 0 aliphatic rings. The SMILES string of the molecule is Cc1ccc(SCCC(=O)N(C)Cc2ccc(OCC(=O)O)cc2)cc1C.